The monoisotopic (exact) mass is 356 g/mol. The van der Waals surface area contributed by atoms with Crippen LogP contribution in [0.4, 0.5) is 10.5 Å². The van der Waals surface area contributed by atoms with Gasteiger partial charge >= 0.3 is 6.09 Å². The van der Waals surface area contributed by atoms with Crippen LogP contribution in [0.3, 0.4) is 0 Å². The third-order valence-corrected chi connectivity index (χ3v) is 4.62. The Morgan fingerprint density at radius 2 is 2.23 bits per heavy atom. The van der Waals surface area contributed by atoms with Crippen LogP contribution in [0.5, 0.6) is 5.75 Å². The van der Waals surface area contributed by atoms with Crippen molar-refractivity contribution in [3.8, 4) is 5.75 Å². The van der Waals surface area contributed by atoms with Crippen LogP contribution >= 0.6 is 0 Å². The second kappa shape index (κ2) is 6.05. The number of alkyl carbamates (subject to hydrolysis) is 1. The minimum Gasteiger partial charge on any atom is -0.490 e. The number of carbonyl (C=O) groups excluding carboxylic acids is 2. The van der Waals surface area contributed by atoms with E-state index in [2.05, 4.69) is 15.2 Å². The first-order chi connectivity index (χ1) is 12.4. The molecule has 2 atom stereocenters. The van der Waals surface area contributed by atoms with Gasteiger partial charge in [0.2, 0.25) is 0 Å². The molecule has 1 aromatic heterocycles. The Labute approximate surface area is 150 Å². The summed E-state index contributed by atoms with van der Waals surface area (Å²) in [5.41, 5.74) is 7.42. The molecular weight excluding hydrogens is 336 g/mol. The number of pyridine rings is 1. The zero-order chi connectivity index (χ0) is 18.4. The molecule has 2 amide bonds. The predicted molar refractivity (Wildman–Crippen MR) is 95.4 cm³/mol. The number of ether oxygens (including phenoxy) is 2. The molecule has 2 aliphatic rings. The molecule has 0 bridgehead atoms. The summed E-state index contributed by atoms with van der Waals surface area (Å²) in [6, 6.07) is 5.36. The van der Waals surface area contributed by atoms with Crippen molar-refractivity contribution in [2.24, 2.45) is 5.73 Å². The highest BCUT2D eigenvalue weighted by atomic mass is 16.6. The van der Waals surface area contributed by atoms with E-state index >= 15 is 0 Å². The Bertz CT molecular complexity index is 882. The van der Waals surface area contributed by atoms with Crippen molar-refractivity contribution in [3.63, 3.8) is 0 Å². The topological polar surface area (TPSA) is 107 Å². The smallest absolute Gasteiger partial charge is 0.407 e. The molecule has 0 aliphatic carbocycles. The molecule has 3 heterocycles. The van der Waals surface area contributed by atoms with Gasteiger partial charge in [-0.1, -0.05) is 0 Å². The number of carbonyl (C=O) groups is 2. The van der Waals surface area contributed by atoms with Gasteiger partial charge < -0.3 is 25.4 Å². The second-order valence-corrected chi connectivity index (χ2v) is 6.83. The van der Waals surface area contributed by atoms with Crippen molar-refractivity contribution in [3.05, 3.63) is 30.0 Å². The van der Waals surface area contributed by atoms with E-state index in [-0.39, 0.29) is 24.3 Å². The summed E-state index contributed by atoms with van der Waals surface area (Å²) >= 11 is 0. The molecule has 0 unspecified atom stereocenters. The fraction of sp³-hybridized carbons (Fsp3) is 0.389. The highest BCUT2D eigenvalue weighted by Gasteiger charge is 2.42. The third-order valence-electron chi connectivity index (χ3n) is 4.62. The number of aromatic nitrogens is 1. The number of rotatable bonds is 4. The average molecular weight is 356 g/mol. The van der Waals surface area contributed by atoms with Gasteiger partial charge in [0.15, 0.2) is 0 Å². The van der Waals surface area contributed by atoms with E-state index in [1.807, 2.05) is 26.0 Å². The second-order valence-electron chi connectivity index (χ2n) is 6.83. The molecule has 136 valence electrons. The first kappa shape index (κ1) is 16.4. The number of primary amides is 1. The minimum absolute atomic E-state index is 0.0259. The van der Waals surface area contributed by atoms with Gasteiger partial charge in [0.25, 0.3) is 5.91 Å². The van der Waals surface area contributed by atoms with Gasteiger partial charge in [-0.25, -0.2) is 4.79 Å². The lowest BCUT2D eigenvalue weighted by Gasteiger charge is -2.22. The van der Waals surface area contributed by atoms with Crippen LogP contribution in [0.2, 0.25) is 0 Å². The third kappa shape index (κ3) is 2.77. The van der Waals surface area contributed by atoms with Crippen LogP contribution in [-0.2, 0) is 4.74 Å². The highest BCUT2D eigenvalue weighted by Crippen LogP contribution is 2.34. The standard InChI is InChI=1S/C18H20N4O4/c1-9(2)25-15-6-10-12(5-11(15)17(19)23)20-4-3-14(10)22-7-13-16(8-22)26-18(24)21-13/h3-6,9,13,16H,7-8H2,1-2H3,(H2,19,23)(H,21,24)/t13-,16+/m1/s1. The van der Waals surface area contributed by atoms with Crippen LogP contribution in [0.1, 0.15) is 24.2 Å². The molecule has 2 aromatic rings. The molecule has 0 radical (unpaired) electrons. The first-order valence-electron chi connectivity index (χ1n) is 8.53. The Balaban J connectivity index is 1.76. The summed E-state index contributed by atoms with van der Waals surface area (Å²) in [7, 11) is 0. The molecule has 26 heavy (non-hydrogen) atoms. The Morgan fingerprint density at radius 1 is 1.42 bits per heavy atom. The fourth-order valence-corrected chi connectivity index (χ4v) is 3.53. The van der Waals surface area contributed by atoms with E-state index in [1.165, 1.54) is 0 Å². The largest absolute Gasteiger partial charge is 0.490 e. The molecule has 0 saturated carbocycles. The predicted octanol–water partition coefficient (Wildman–Crippen LogP) is 1.42. The summed E-state index contributed by atoms with van der Waals surface area (Å²) in [5, 5.41) is 3.68. The van der Waals surface area contributed by atoms with Crippen molar-refractivity contribution in [2.75, 3.05) is 18.0 Å². The number of nitrogens with zero attached hydrogens (tertiary/aromatic N) is 2. The number of anilines is 1. The molecule has 8 nitrogen and oxygen atoms in total. The van der Waals surface area contributed by atoms with E-state index in [0.29, 0.717) is 29.9 Å². The number of nitrogens with two attached hydrogens (primary N) is 1. The Kier molecular flexibility index (Phi) is 3.82. The van der Waals surface area contributed by atoms with E-state index < -0.39 is 5.91 Å². The van der Waals surface area contributed by atoms with Crippen LogP contribution < -0.4 is 20.7 Å². The maximum absolute atomic E-state index is 11.8. The summed E-state index contributed by atoms with van der Waals surface area (Å²) in [4.78, 5) is 29.6. The lowest BCUT2D eigenvalue weighted by molar-refractivity contribution is 0.0994. The molecule has 2 fully saturated rings. The molecule has 0 spiro atoms. The lowest BCUT2D eigenvalue weighted by atomic mass is 10.1. The number of hydrogen-bond donors (Lipinski definition) is 2. The quantitative estimate of drug-likeness (QED) is 0.858. The number of benzene rings is 1. The van der Waals surface area contributed by atoms with Gasteiger partial charge in [-0.05, 0) is 32.0 Å². The van der Waals surface area contributed by atoms with Crippen molar-refractivity contribution < 1.29 is 19.1 Å². The van der Waals surface area contributed by atoms with Gasteiger partial charge in [-0.3, -0.25) is 9.78 Å². The molecular formula is C18H20N4O4. The highest BCUT2D eigenvalue weighted by molar-refractivity contribution is 6.02. The van der Waals surface area contributed by atoms with Crippen molar-refractivity contribution >= 4 is 28.6 Å². The van der Waals surface area contributed by atoms with E-state index in [9.17, 15) is 9.59 Å². The minimum atomic E-state index is -0.554. The number of nitrogens with one attached hydrogen (secondary N) is 1. The van der Waals surface area contributed by atoms with Gasteiger partial charge in [0.05, 0.1) is 29.8 Å². The molecule has 1 aromatic carbocycles. The van der Waals surface area contributed by atoms with Crippen molar-refractivity contribution in [1.82, 2.24) is 10.3 Å². The van der Waals surface area contributed by atoms with Gasteiger partial charge in [-0.15, -0.1) is 0 Å². The number of hydrogen-bond acceptors (Lipinski definition) is 6. The van der Waals surface area contributed by atoms with Crippen molar-refractivity contribution in [1.29, 1.82) is 0 Å². The summed E-state index contributed by atoms with van der Waals surface area (Å²) in [5.74, 6) is -0.111. The molecule has 4 rings (SSSR count). The van der Waals surface area contributed by atoms with Crippen molar-refractivity contribution in [2.45, 2.75) is 32.1 Å². The molecule has 8 heteroatoms. The Morgan fingerprint density at radius 3 is 2.92 bits per heavy atom. The zero-order valence-corrected chi connectivity index (χ0v) is 14.6. The maximum Gasteiger partial charge on any atom is 0.407 e. The lowest BCUT2D eigenvalue weighted by Crippen LogP contribution is -2.32. The van der Waals surface area contributed by atoms with Crippen LogP contribution in [0, 0.1) is 0 Å². The zero-order valence-electron chi connectivity index (χ0n) is 14.6. The number of fused-ring (bicyclic) bond motifs is 2. The van der Waals surface area contributed by atoms with E-state index in [4.69, 9.17) is 15.2 Å². The summed E-state index contributed by atoms with van der Waals surface area (Å²) < 4.78 is 11.1. The normalized spacial score (nSPS) is 21.7. The maximum atomic E-state index is 11.8. The SMILES string of the molecule is CC(C)Oc1cc2c(N3C[C@@H]4OC(=O)N[C@@H]4C3)ccnc2cc1C(N)=O. The van der Waals surface area contributed by atoms with Crippen LogP contribution in [0.25, 0.3) is 10.9 Å². The fourth-order valence-electron chi connectivity index (χ4n) is 3.53. The molecule has 2 aliphatic heterocycles. The summed E-state index contributed by atoms with van der Waals surface area (Å²) in [6.45, 7) is 5.02. The van der Waals surface area contributed by atoms with E-state index in [1.54, 1.807) is 12.3 Å². The average Bonchev–Trinajstić information content (AvgIpc) is 3.10. The van der Waals surface area contributed by atoms with Crippen LogP contribution in [0.15, 0.2) is 24.4 Å². The van der Waals surface area contributed by atoms with Gasteiger partial charge in [-0.2, -0.15) is 0 Å². The Hall–Kier alpha value is -3.03. The number of amides is 2. The van der Waals surface area contributed by atoms with E-state index in [0.717, 1.165) is 11.1 Å². The van der Waals surface area contributed by atoms with Gasteiger partial charge in [0, 0.05) is 23.8 Å². The summed E-state index contributed by atoms with van der Waals surface area (Å²) in [6.07, 6.45) is 1.07. The van der Waals surface area contributed by atoms with Gasteiger partial charge in [0.1, 0.15) is 11.9 Å². The van der Waals surface area contributed by atoms with Crippen LogP contribution in [-0.4, -0.2) is 48.3 Å². The first-order valence-corrected chi connectivity index (χ1v) is 8.53. The molecule has 3 N–H and O–H groups in total. The molecule has 2 saturated heterocycles.